The molecule has 1 spiro atoms. The molecule has 0 bridgehead atoms. The van der Waals surface area contributed by atoms with Gasteiger partial charge in [-0.15, -0.1) is 0 Å². The zero-order chi connectivity index (χ0) is 38.0. The first-order chi connectivity index (χ1) is 28.8. The van der Waals surface area contributed by atoms with Crippen molar-refractivity contribution < 1.29 is 0 Å². The number of imidazole rings is 1. The third-order valence-corrected chi connectivity index (χ3v) is 15.6. The summed E-state index contributed by atoms with van der Waals surface area (Å²) in [7, 11) is 0. The van der Waals surface area contributed by atoms with Gasteiger partial charge in [0.05, 0.1) is 11.0 Å². The lowest BCUT2D eigenvalue weighted by Gasteiger charge is -2.43. The minimum Gasteiger partial charge on any atom is -0.292 e. The highest BCUT2D eigenvalue weighted by Crippen LogP contribution is 2.72. The second-order valence-corrected chi connectivity index (χ2v) is 18.1. The maximum atomic E-state index is 5.22. The number of nitrogens with zero attached hydrogens (tertiary/aromatic N) is 2. The Morgan fingerprint density at radius 1 is 0.690 bits per heavy atom. The van der Waals surface area contributed by atoms with Crippen molar-refractivity contribution in [1.29, 1.82) is 0 Å². The van der Waals surface area contributed by atoms with Gasteiger partial charge in [-0.05, 0) is 156 Å². The molecule has 0 saturated heterocycles. The molecule has 13 rings (SSSR count). The quantitative estimate of drug-likeness (QED) is 0.130. The molecule has 0 amide bonds. The predicted octanol–water partition coefficient (Wildman–Crippen LogP) is 14.0. The summed E-state index contributed by atoms with van der Waals surface area (Å²) in [4.78, 5) is 5.22. The van der Waals surface area contributed by atoms with Crippen LogP contribution < -0.4 is 0 Å². The average Bonchev–Trinajstić information content (AvgIpc) is 3.93. The van der Waals surface area contributed by atoms with Crippen LogP contribution in [0.3, 0.4) is 0 Å². The summed E-state index contributed by atoms with van der Waals surface area (Å²) >= 11 is 0. The van der Waals surface area contributed by atoms with Crippen LogP contribution in [-0.2, 0) is 6.42 Å². The Bertz CT molecular complexity index is 2970. The van der Waals surface area contributed by atoms with Crippen LogP contribution in [0, 0.1) is 29.1 Å². The van der Waals surface area contributed by atoms with E-state index in [0.29, 0.717) is 23.7 Å². The molecule has 1 saturated carbocycles. The fraction of sp³-hybridized carbons (Fsp3) is 0.268. The summed E-state index contributed by atoms with van der Waals surface area (Å²) in [6, 6.07) is 37.8. The van der Waals surface area contributed by atoms with Gasteiger partial charge in [-0.25, -0.2) is 4.98 Å². The fourth-order valence-corrected chi connectivity index (χ4v) is 13.4. The first kappa shape index (κ1) is 33.3. The van der Waals surface area contributed by atoms with Gasteiger partial charge in [0.25, 0.3) is 0 Å². The number of hydrogen-bond acceptors (Lipinski definition) is 1. The molecule has 7 aliphatic carbocycles. The summed E-state index contributed by atoms with van der Waals surface area (Å²) < 4.78 is 2.34. The van der Waals surface area contributed by atoms with Crippen molar-refractivity contribution in [2.24, 2.45) is 29.1 Å². The molecule has 0 N–H and O–H groups in total. The zero-order valence-electron chi connectivity index (χ0n) is 33.1. The minimum atomic E-state index is 0.0290. The Morgan fingerprint density at radius 3 is 2.33 bits per heavy atom. The van der Waals surface area contributed by atoms with Crippen LogP contribution in [0.4, 0.5) is 0 Å². The Kier molecular flexibility index (Phi) is 7.25. The van der Waals surface area contributed by atoms with Crippen molar-refractivity contribution in [3.63, 3.8) is 0 Å². The molecule has 0 aliphatic heterocycles. The van der Waals surface area contributed by atoms with Crippen LogP contribution in [-0.4, -0.2) is 9.55 Å². The lowest BCUT2D eigenvalue weighted by atomic mass is 9.60. The van der Waals surface area contributed by atoms with Gasteiger partial charge in [0.2, 0.25) is 0 Å². The van der Waals surface area contributed by atoms with Crippen LogP contribution in [0.15, 0.2) is 173 Å². The van der Waals surface area contributed by atoms with Crippen molar-refractivity contribution >= 4 is 44.2 Å². The standard InChI is InChI=1S/C56H48N2/c1-2-14-38(15-3-1)58-54-25-13-12-24-53(54)57-55(58)36-28-26-35(27-29-36)37-30-31-45-43-20-8-10-22-49(43)56(51(45)32-37)50-23-11-9-21-44(50)48-33-46-41-18-6-4-16-39(41)40-17-5-7-19-42(40)47(46)34-52(48)56/h1-7,9,12-19,21,24-26,28-29,32,34-35,44,48,50H,8,10-11,20,22-23,27,30-31,33H2. The molecule has 2 heteroatoms. The summed E-state index contributed by atoms with van der Waals surface area (Å²) in [5, 5.41) is 5.71. The van der Waals surface area contributed by atoms with E-state index in [1.54, 1.807) is 33.4 Å². The monoisotopic (exact) mass is 748 g/mol. The van der Waals surface area contributed by atoms with E-state index in [0.717, 1.165) is 35.4 Å². The largest absolute Gasteiger partial charge is 0.292 e. The number of hydrogen-bond donors (Lipinski definition) is 0. The number of para-hydroxylation sites is 3. The summed E-state index contributed by atoms with van der Waals surface area (Å²) in [6.07, 6.45) is 30.4. The van der Waals surface area contributed by atoms with Crippen molar-refractivity contribution in [3.8, 4) is 5.69 Å². The van der Waals surface area contributed by atoms with Gasteiger partial charge in [-0.2, -0.15) is 0 Å². The SMILES string of the molecule is C1=CC2C3Cc4c(c5ccccc5c5ccccc45)C=C3C3(C4=C(CCC(C5C=CC(c6nc7ccccc7n6-c6ccccc6)=CC5)=C4)C4=C3CCCC4)C2CC1. The fourth-order valence-electron chi connectivity index (χ4n) is 13.4. The number of allylic oxidation sites excluding steroid dienone is 13. The molecule has 1 aromatic heterocycles. The summed E-state index contributed by atoms with van der Waals surface area (Å²) in [5.74, 6) is 3.21. The van der Waals surface area contributed by atoms with Gasteiger partial charge in [-0.1, -0.05) is 138 Å². The van der Waals surface area contributed by atoms with Crippen molar-refractivity contribution in [1.82, 2.24) is 9.55 Å². The van der Waals surface area contributed by atoms with Crippen molar-refractivity contribution in [3.05, 3.63) is 190 Å². The predicted molar refractivity (Wildman–Crippen MR) is 241 cm³/mol. The Morgan fingerprint density at radius 2 is 1.47 bits per heavy atom. The van der Waals surface area contributed by atoms with E-state index in [2.05, 4.69) is 150 Å². The molecule has 1 heterocycles. The minimum absolute atomic E-state index is 0.0290. The van der Waals surface area contributed by atoms with Crippen molar-refractivity contribution in [2.75, 3.05) is 0 Å². The third-order valence-electron chi connectivity index (χ3n) is 15.6. The molecule has 5 unspecified atom stereocenters. The van der Waals surface area contributed by atoms with Gasteiger partial charge in [0.15, 0.2) is 0 Å². The van der Waals surface area contributed by atoms with E-state index < -0.39 is 0 Å². The maximum Gasteiger partial charge on any atom is 0.145 e. The highest BCUT2D eigenvalue weighted by molar-refractivity contribution is 6.13. The van der Waals surface area contributed by atoms with Crippen LogP contribution in [0.25, 0.3) is 49.9 Å². The van der Waals surface area contributed by atoms with E-state index in [1.807, 2.05) is 5.57 Å². The molecule has 7 aliphatic rings. The average molecular weight is 749 g/mol. The number of benzene rings is 5. The van der Waals surface area contributed by atoms with E-state index in [-0.39, 0.29) is 5.41 Å². The van der Waals surface area contributed by atoms with Gasteiger partial charge >= 0.3 is 0 Å². The van der Waals surface area contributed by atoms with Crippen LogP contribution in [0.5, 0.6) is 0 Å². The second kappa shape index (κ2) is 12.6. The smallest absolute Gasteiger partial charge is 0.145 e. The Hall–Kier alpha value is -5.73. The molecule has 0 radical (unpaired) electrons. The van der Waals surface area contributed by atoms with Gasteiger partial charge in [0, 0.05) is 22.6 Å². The molecule has 6 aromatic rings. The van der Waals surface area contributed by atoms with Crippen LogP contribution in [0.2, 0.25) is 0 Å². The summed E-state index contributed by atoms with van der Waals surface area (Å²) in [6.45, 7) is 0. The molecular weight excluding hydrogens is 701 g/mol. The highest BCUT2D eigenvalue weighted by Gasteiger charge is 2.63. The maximum absolute atomic E-state index is 5.22. The van der Waals surface area contributed by atoms with Gasteiger partial charge in [-0.3, -0.25) is 4.57 Å². The number of rotatable bonds is 3. The molecule has 58 heavy (non-hydrogen) atoms. The van der Waals surface area contributed by atoms with Gasteiger partial charge in [0.1, 0.15) is 5.82 Å². The lowest BCUT2D eigenvalue weighted by Crippen LogP contribution is -2.34. The molecule has 282 valence electrons. The van der Waals surface area contributed by atoms with E-state index >= 15 is 0 Å². The van der Waals surface area contributed by atoms with Gasteiger partial charge < -0.3 is 0 Å². The molecule has 2 nitrogen and oxygen atoms in total. The molecule has 5 atom stereocenters. The lowest BCUT2D eigenvalue weighted by molar-refractivity contribution is 0.265. The Balaban J connectivity index is 0.947. The number of aromatic nitrogens is 2. The van der Waals surface area contributed by atoms with Crippen molar-refractivity contribution in [2.45, 2.75) is 64.2 Å². The number of fused-ring (bicyclic) bond motifs is 15. The van der Waals surface area contributed by atoms with E-state index in [1.165, 1.54) is 84.0 Å². The van der Waals surface area contributed by atoms with E-state index in [4.69, 9.17) is 4.98 Å². The van der Waals surface area contributed by atoms with Crippen LogP contribution in [0.1, 0.15) is 74.7 Å². The highest BCUT2D eigenvalue weighted by atomic mass is 15.1. The normalized spacial score (nSPS) is 27.1. The topological polar surface area (TPSA) is 17.8 Å². The first-order valence-corrected chi connectivity index (χ1v) is 22.2. The molecule has 5 aromatic carbocycles. The molecular formula is C56H48N2. The van der Waals surface area contributed by atoms with E-state index in [9.17, 15) is 0 Å². The molecule has 1 fully saturated rings. The third kappa shape index (κ3) is 4.52. The Labute approximate surface area is 341 Å². The summed E-state index contributed by atoms with van der Waals surface area (Å²) in [5.41, 5.74) is 18.2. The second-order valence-electron chi connectivity index (χ2n) is 18.1. The zero-order valence-corrected chi connectivity index (χ0v) is 33.1. The first-order valence-electron chi connectivity index (χ1n) is 22.2. The van der Waals surface area contributed by atoms with Crippen LogP contribution >= 0.6 is 0 Å².